The van der Waals surface area contributed by atoms with Crippen LogP contribution in [0.5, 0.6) is 0 Å². The van der Waals surface area contributed by atoms with Crippen molar-refractivity contribution in [2.75, 3.05) is 26.7 Å². The Morgan fingerprint density at radius 2 is 1.84 bits per heavy atom. The van der Waals surface area contributed by atoms with Crippen molar-refractivity contribution in [3.8, 4) is 0 Å². The maximum Gasteiger partial charge on any atom is 0.236 e. The SMILES string of the molecule is Cc1ccc(C(=O)C(C)N2CCN(C)C(=O)C2)cc1. The molecule has 2 rings (SSSR count). The van der Waals surface area contributed by atoms with Crippen LogP contribution in [0.3, 0.4) is 0 Å². The second-order valence-corrected chi connectivity index (χ2v) is 5.19. The van der Waals surface area contributed by atoms with Gasteiger partial charge in [0.15, 0.2) is 5.78 Å². The van der Waals surface area contributed by atoms with Crippen LogP contribution in [0, 0.1) is 6.92 Å². The summed E-state index contributed by atoms with van der Waals surface area (Å²) >= 11 is 0. The summed E-state index contributed by atoms with van der Waals surface area (Å²) in [6.45, 7) is 5.64. The fourth-order valence-corrected chi connectivity index (χ4v) is 2.23. The molecule has 1 fully saturated rings. The third-order valence-electron chi connectivity index (χ3n) is 3.75. The molecule has 1 aliphatic heterocycles. The topological polar surface area (TPSA) is 40.6 Å². The van der Waals surface area contributed by atoms with Gasteiger partial charge in [-0.3, -0.25) is 14.5 Å². The van der Waals surface area contributed by atoms with Crippen LogP contribution in [-0.2, 0) is 4.79 Å². The van der Waals surface area contributed by atoms with E-state index in [2.05, 4.69) is 0 Å². The van der Waals surface area contributed by atoms with E-state index in [-0.39, 0.29) is 17.7 Å². The monoisotopic (exact) mass is 260 g/mol. The lowest BCUT2D eigenvalue weighted by Gasteiger charge is -2.35. The van der Waals surface area contributed by atoms with Gasteiger partial charge in [0.1, 0.15) is 0 Å². The van der Waals surface area contributed by atoms with E-state index < -0.39 is 0 Å². The van der Waals surface area contributed by atoms with Crippen LogP contribution in [0.4, 0.5) is 0 Å². The summed E-state index contributed by atoms with van der Waals surface area (Å²) in [5.41, 5.74) is 1.85. The van der Waals surface area contributed by atoms with E-state index in [1.165, 1.54) is 0 Å². The van der Waals surface area contributed by atoms with Gasteiger partial charge in [-0.1, -0.05) is 29.8 Å². The lowest BCUT2D eigenvalue weighted by atomic mass is 10.0. The molecule has 0 aromatic heterocycles. The van der Waals surface area contributed by atoms with E-state index in [1.54, 1.807) is 11.9 Å². The van der Waals surface area contributed by atoms with Crippen LogP contribution < -0.4 is 0 Å². The van der Waals surface area contributed by atoms with Crippen molar-refractivity contribution in [2.24, 2.45) is 0 Å². The van der Waals surface area contributed by atoms with Gasteiger partial charge in [0.2, 0.25) is 5.91 Å². The van der Waals surface area contributed by atoms with Crippen molar-refractivity contribution in [1.82, 2.24) is 9.80 Å². The standard InChI is InChI=1S/C15H20N2O2/c1-11-4-6-13(7-5-11)15(19)12(2)17-9-8-16(3)14(18)10-17/h4-7,12H,8-10H2,1-3H3. The number of amides is 1. The van der Waals surface area contributed by atoms with E-state index in [4.69, 9.17) is 0 Å². The molecule has 1 unspecified atom stereocenters. The molecule has 0 bridgehead atoms. The van der Waals surface area contributed by atoms with Gasteiger partial charge in [-0.25, -0.2) is 0 Å². The first-order valence-electron chi connectivity index (χ1n) is 6.58. The van der Waals surface area contributed by atoms with Gasteiger partial charge < -0.3 is 4.90 Å². The molecule has 0 N–H and O–H groups in total. The molecule has 4 heteroatoms. The number of likely N-dealkylation sites (N-methyl/N-ethyl adjacent to an activating group) is 1. The van der Waals surface area contributed by atoms with E-state index in [1.807, 2.05) is 43.0 Å². The first-order chi connectivity index (χ1) is 8.99. The van der Waals surface area contributed by atoms with Crippen molar-refractivity contribution in [3.05, 3.63) is 35.4 Å². The molecule has 1 aromatic rings. The van der Waals surface area contributed by atoms with Crippen LogP contribution in [0.25, 0.3) is 0 Å². The van der Waals surface area contributed by atoms with E-state index in [0.717, 1.165) is 12.1 Å². The molecule has 1 amide bonds. The van der Waals surface area contributed by atoms with E-state index in [9.17, 15) is 9.59 Å². The molecule has 0 spiro atoms. The smallest absolute Gasteiger partial charge is 0.236 e. The van der Waals surface area contributed by atoms with Gasteiger partial charge in [0, 0.05) is 25.7 Å². The number of nitrogens with zero attached hydrogens (tertiary/aromatic N) is 2. The second kappa shape index (κ2) is 5.53. The molecule has 1 aromatic carbocycles. The third-order valence-corrected chi connectivity index (χ3v) is 3.75. The van der Waals surface area contributed by atoms with Gasteiger partial charge >= 0.3 is 0 Å². The number of Topliss-reactive ketones (excluding diaryl/α,β-unsaturated/α-hetero) is 1. The Morgan fingerprint density at radius 3 is 2.42 bits per heavy atom. The van der Waals surface area contributed by atoms with Crippen molar-refractivity contribution in [3.63, 3.8) is 0 Å². The lowest BCUT2D eigenvalue weighted by molar-refractivity contribution is -0.134. The summed E-state index contributed by atoms with van der Waals surface area (Å²) in [6, 6.07) is 7.34. The highest BCUT2D eigenvalue weighted by atomic mass is 16.2. The zero-order valence-electron chi connectivity index (χ0n) is 11.7. The van der Waals surface area contributed by atoms with Crippen LogP contribution in [-0.4, -0.2) is 54.2 Å². The Bertz CT molecular complexity index is 481. The molecular weight excluding hydrogens is 240 g/mol. The minimum Gasteiger partial charge on any atom is -0.343 e. The fourth-order valence-electron chi connectivity index (χ4n) is 2.23. The Morgan fingerprint density at radius 1 is 1.21 bits per heavy atom. The van der Waals surface area contributed by atoms with E-state index in [0.29, 0.717) is 18.7 Å². The summed E-state index contributed by atoms with van der Waals surface area (Å²) in [5.74, 6) is 0.159. The quantitative estimate of drug-likeness (QED) is 0.770. The summed E-state index contributed by atoms with van der Waals surface area (Å²) in [6.07, 6.45) is 0. The summed E-state index contributed by atoms with van der Waals surface area (Å²) in [4.78, 5) is 27.7. The minimum absolute atomic E-state index is 0.0785. The molecule has 0 saturated carbocycles. The van der Waals surface area contributed by atoms with Crippen molar-refractivity contribution >= 4 is 11.7 Å². The second-order valence-electron chi connectivity index (χ2n) is 5.19. The van der Waals surface area contributed by atoms with Crippen LogP contribution in [0.15, 0.2) is 24.3 Å². The highest BCUT2D eigenvalue weighted by Crippen LogP contribution is 2.12. The highest BCUT2D eigenvalue weighted by Gasteiger charge is 2.28. The molecule has 1 saturated heterocycles. The average Bonchev–Trinajstić information content (AvgIpc) is 2.41. The average molecular weight is 260 g/mol. The molecule has 0 radical (unpaired) electrons. The van der Waals surface area contributed by atoms with Gasteiger partial charge in [0.25, 0.3) is 0 Å². The summed E-state index contributed by atoms with van der Waals surface area (Å²) < 4.78 is 0. The Kier molecular flexibility index (Phi) is 4.00. The predicted molar refractivity (Wildman–Crippen MR) is 74.2 cm³/mol. The van der Waals surface area contributed by atoms with Crippen LogP contribution in [0.1, 0.15) is 22.8 Å². The Labute approximate surface area is 114 Å². The largest absolute Gasteiger partial charge is 0.343 e. The fraction of sp³-hybridized carbons (Fsp3) is 0.467. The van der Waals surface area contributed by atoms with Crippen LogP contribution >= 0.6 is 0 Å². The minimum atomic E-state index is -0.250. The zero-order chi connectivity index (χ0) is 14.0. The van der Waals surface area contributed by atoms with Gasteiger partial charge in [-0.2, -0.15) is 0 Å². The first-order valence-corrected chi connectivity index (χ1v) is 6.58. The van der Waals surface area contributed by atoms with Gasteiger partial charge in [-0.05, 0) is 13.8 Å². The number of carbonyl (C=O) groups is 2. The molecule has 102 valence electrons. The molecule has 4 nitrogen and oxygen atoms in total. The zero-order valence-corrected chi connectivity index (χ0v) is 11.7. The van der Waals surface area contributed by atoms with E-state index >= 15 is 0 Å². The predicted octanol–water partition coefficient (Wildman–Crippen LogP) is 1.34. The maximum absolute atomic E-state index is 12.4. The van der Waals surface area contributed by atoms with Gasteiger partial charge in [-0.15, -0.1) is 0 Å². The number of hydrogen-bond donors (Lipinski definition) is 0. The normalized spacial score (nSPS) is 18.5. The summed E-state index contributed by atoms with van der Waals surface area (Å²) in [7, 11) is 1.80. The molecular formula is C15H20N2O2. The number of hydrogen-bond acceptors (Lipinski definition) is 3. The molecule has 1 heterocycles. The molecule has 1 atom stereocenters. The molecule has 0 aliphatic carbocycles. The number of rotatable bonds is 3. The van der Waals surface area contributed by atoms with Crippen molar-refractivity contribution in [1.29, 1.82) is 0 Å². The number of ketones is 1. The highest BCUT2D eigenvalue weighted by molar-refractivity contribution is 6.00. The van der Waals surface area contributed by atoms with Crippen LogP contribution in [0.2, 0.25) is 0 Å². The Balaban J connectivity index is 2.07. The summed E-state index contributed by atoms with van der Waals surface area (Å²) in [5, 5.41) is 0. The number of benzene rings is 1. The maximum atomic E-state index is 12.4. The molecule has 1 aliphatic rings. The third kappa shape index (κ3) is 3.01. The number of aryl methyl sites for hydroxylation is 1. The number of piperazine rings is 1. The first kappa shape index (κ1) is 13.7. The van der Waals surface area contributed by atoms with Crippen molar-refractivity contribution < 1.29 is 9.59 Å². The lowest BCUT2D eigenvalue weighted by Crippen LogP contribution is -2.53. The van der Waals surface area contributed by atoms with Crippen molar-refractivity contribution in [2.45, 2.75) is 19.9 Å². The Hall–Kier alpha value is -1.68. The molecule has 19 heavy (non-hydrogen) atoms. The number of carbonyl (C=O) groups excluding carboxylic acids is 2. The van der Waals surface area contributed by atoms with Gasteiger partial charge in [0.05, 0.1) is 12.6 Å².